The van der Waals surface area contributed by atoms with E-state index in [-0.39, 0.29) is 24.8 Å². The third-order valence-corrected chi connectivity index (χ3v) is 4.49. The summed E-state index contributed by atoms with van der Waals surface area (Å²) in [5.74, 6) is -0.722. The molecule has 1 saturated heterocycles. The van der Waals surface area contributed by atoms with Crippen molar-refractivity contribution < 1.29 is 14.0 Å². The zero-order valence-electron chi connectivity index (χ0n) is 13.3. The lowest BCUT2D eigenvalue weighted by atomic mass is 10.1. The highest BCUT2D eigenvalue weighted by atomic mass is 35.5. The van der Waals surface area contributed by atoms with Crippen molar-refractivity contribution in [3.05, 3.63) is 34.6 Å². The topological polar surface area (TPSA) is 52.7 Å². The van der Waals surface area contributed by atoms with Crippen LogP contribution >= 0.6 is 11.6 Å². The van der Waals surface area contributed by atoms with Gasteiger partial charge in [0.2, 0.25) is 11.8 Å². The van der Waals surface area contributed by atoms with Gasteiger partial charge in [-0.05, 0) is 19.1 Å². The molecular formula is C16H21ClFN3O2. The van der Waals surface area contributed by atoms with E-state index in [1.807, 2.05) is 11.8 Å². The molecule has 0 aliphatic carbocycles. The summed E-state index contributed by atoms with van der Waals surface area (Å²) in [6.45, 7) is 3.66. The first-order chi connectivity index (χ1) is 10.9. The van der Waals surface area contributed by atoms with Crippen LogP contribution < -0.4 is 5.32 Å². The smallest absolute Gasteiger partial charge is 0.237 e. The Morgan fingerprint density at radius 3 is 2.91 bits per heavy atom. The average Bonchev–Trinajstić information content (AvgIpc) is 2.53. The fraction of sp³-hybridized carbons (Fsp3) is 0.500. The Hall–Kier alpha value is -1.66. The molecule has 1 atom stereocenters. The van der Waals surface area contributed by atoms with E-state index in [0.29, 0.717) is 30.2 Å². The van der Waals surface area contributed by atoms with Gasteiger partial charge >= 0.3 is 0 Å². The number of rotatable bonds is 5. The molecule has 23 heavy (non-hydrogen) atoms. The van der Waals surface area contributed by atoms with Crippen LogP contribution in [0.25, 0.3) is 0 Å². The molecule has 0 spiro atoms. The Morgan fingerprint density at radius 2 is 2.26 bits per heavy atom. The molecule has 1 fully saturated rings. The molecule has 0 bridgehead atoms. The monoisotopic (exact) mass is 341 g/mol. The summed E-state index contributed by atoms with van der Waals surface area (Å²) in [4.78, 5) is 27.7. The van der Waals surface area contributed by atoms with Crippen LogP contribution in [0.15, 0.2) is 18.2 Å². The second-order valence-electron chi connectivity index (χ2n) is 5.59. The van der Waals surface area contributed by atoms with Crippen LogP contribution in [0, 0.1) is 5.82 Å². The molecule has 7 heteroatoms. The molecule has 2 amide bonds. The van der Waals surface area contributed by atoms with E-state index in [0.717, 1.165) is 0 Å². The lowest BCUT2D eigenvalue weighted by Gasteiger charge is -2.35. The van der Waals surface area contributed by atoms with Crippen molar-refractivity contribution in [3.63, 3.8) is 0 Å². The largest absolute Gasteiger partial charge is 0.353 e. The number of nitrogens with zero attached hydrogens (tertiary/aromatic N) is 2. The minimum atomic E-state index is -0.610. The van der Waals surface area contributed by atoms with E-state index in [2.05, 4.69) is 5.32 Å². The molecule has 126 valence electrons. The predicted molar refractivity (Wildman–Crippen MR) is 86.5 cm³/mol. The van der Waals surface area contributed by atoms with Gasteiger partial charge in [-0.1, -0.05) is 17.7 Å². The fourth-order valence-corrected chi connectivity index (χ4v) is 2.78. The van der Waals surface area contributed by atoms with Gasteiger partial charge in [0.1, 0.15) is 5.82 Å². The lowest BCUT2D eigenvalue weighted by molar-refractivity contribution is -0.138. The maximum atomic E-state index is 14.0. The maximum Gasteiger partial charge on any atom is 0.237 e. The molecule has 5 nitrogen and oxygen atoms in total. The number of amides is 2. The van der Waals surface area contributed by atoms with E-state index >= 15 is 0 Å². The summed E-state index contributed by atoms with van der Waals surface area (Å²) in [7, 11) is 1.70. The number of benzene rings is 1. The van der Waals surface area contributed by atoms with Gasteiger partial charge in [0, 0.05) is 43.8 Å². The summed E-state index contributed by atoms with van der Waals surface area (Å²) < 4.78 is 14.0. The highest BCUT2D eigenvalue weighted by molar-refractivity contribution is 6.31. The summed E-state index contributed by atoms with van der Waals surface area (Å²) in [6.07, 6.45) is 0.0717. The average molecular weight is 342 g/mol. The van der Waals surface area contributed by atoms with Crippen LogP contribution in [0.1, 0.15) is 18.9 Å². The number of piperazine rings is 1. The van der Waals surface area contributed by atoms with Crippen LogP contribution in [0.4, 0.5) is 4.39 Å². The van der Waals surface area contributed by atoms with Gasteiger partial charge in [0.25, 0.3) is 0 Å². The van der Waals surface area contributed by atoms with E-state index in [4.69, 9.17) is 11.6 Å². The van der Waals surface area contributed by atoms with Crippen molar-refractivity contribution in [1.29, 1.82) is 0 Å². The van der Waals surface area contributed by atoms with Crippen LogP contribution in [0.5, 0.6) is 0 Å². The normalized spacial score (nSPS) is 18.6. The Morgan fingerprint density at radius 1 is 1.52 bits per heavy atom. The van der Waals surface area contributed by atoms with Crippen LogP contribution in [0.2, 0.25) is 5.02 Å². The molecule has 1 unspecified atom stereocenters. The maximum absolute atomic E-state index is 14.0. The van der Waals surface area contributed by atoms with Crippen LogP contribution in [-0.2, 0) is 16.1 Å². The van der Waals surface area contributed by atoms with Crippen molar-refractivity contribution >= 4 is 23.4 Å². The first kappa shape index (κ1) is 17.7. The van der Waals surface area contributed by atoms with Gasteiger partial charge in [-0.3, -0.25) is 14.5 Å². The second kappa shape index (κ2) is 7.75. The van der Waals surface area contributed by atoms with Gasteiger partial charge in [-0.15, -0.1) is 0 Å². The van der Waals surface area contributed by atoms with Gasteiger partial charge in [-0.25, -0.2) is 4.39 Å². The van der Waals surface area contributed by atoms with Crippen molar-refractivity contribution in [2.24, 2.45) is 0 Å². The quantitative estimate of drug-likeness (QED) is 0.886. The summed E-state index contributed by atoms with van der Waals surface area (Å²) in [5.41, 5.74) is 0.352. The number of carbonyl (C=O) groups is 2. The minimum absolute atomic E-state index is 0.0717. The molecule has 1 aromatic rings. The van der Waals surface area contributed by atoms with Gasteiger partial charge in [-0.2, -0.15) is 0 Å². The molecular weight excluding hydrogens is 321 g/mol. The van der Waals surface area contributed by atoms with E-state index in [9.17, 15) is 14.0 Å². The standard InChI is InChI=1S/C16H21ClFN3O2/c1-3-20(2)15(22)9-14-16(23)19-7-8-21(14)10-11-12(17)5-4-6-13(11)18/h4-6,14H,3,7-10H2,1-2H3,(H,19,23). The van der Waals surface area contributed by atoms with Crippen molar-refractivity contribution in [2.45, 2.75) is 25.9 Å². The van der Waals surface area contributed by atoms with Gasteiger partial charge in [0.15, 0.2) is 0 Å². The van der Waals surface area contributed by atoms with E-state index in [1.54, 1.807) is 24.1 Å². The Labute approximate surface area is 140 Å². The van der Waals surface area contributed by atoms with Crippen molar-refractivity contribution in [2.75, 3.05) is 26.7 Å². The third kappa shape index (κ3) is 4.20. The SMILES string of the molecule is CCN(C)C(=O)CC1C(=O)NCCN1Cc1c(F)cccc1Cl. The summed E-state index contributed by atoms with van der Waals surface area (Å²) >= 11 is 6.07. The molecule has 0 saturated carbocycles. The Kier molecular flexibility index (Phi) is 5.96. The van der Waals surface area contributed by atoms with Gasteiger partial charge in [0.05, 0.1) is 12.5 Å². The number of nitrogens with one attached hydrogen (secondary N) is 1. The molecule has 1 aromatic carbocycles. The lowest BCUT2D eigenvalue weighted by Crippen LogP contribution is -2.56. The molecule has 1 heterocycles. The number of hydrogen-bond donors (Lipinski definition) is 1. The number of halogens is 2. The summed E-state index contributed by atoms with van der Waals surface area (Å²) in [6, 6.07) is 3.90. The summed E-state index contributed by atoms with van der Waals surface area (Å²) in [5, 5.41) is 3.09. The number of hydrogen-bond acceptors (Lipinski definition) is 3. The van der Waals surface area contributed by atoms with Crippen LogP contribution in [0.3, 0.4) is 0 Å². The highest BCUT2D eigenvalue weighted by Crippen LogP contribution is 2.23. The second-order valence-corrected chi connectivity index (χ2v) is 6.00. The van der Waals surface area contributed by atoms with Crippen LogP contribution in [-0.4, -0.2) is 54.3 Å². The molecule has 0 aromatic heterocycles. The molecule has 2 rings (SSSR count). The zero-order chi connectivity index (χ0) is 17.0. The van der Waals surface area contributed by atoms with E-state index < -0.39 is 11.9 Å². The highest BCUT2D eigenvalue weighted by Gasteiger charge is 2.33. The number of carbonyl (C=O) groups excluding carboxylic acids is 2. The third-order valence-electron chi connectivity index (χ3n) is 4.13. The fourth-order valence-electron chi connectivity index (χ4n) is 2.56. The molecule has 1 N–H and O–H groups in total. The zero-order valence-corrected chi connectivity index (χ0v) is 14.1. The van der Waals surface area contributed by atoms with Crippen molar-refractivity contribution in [1.82, 2.24) is 15.1 Å². The Bertz CT molecular complexity index is 576. The molecule has 1 aliphatic rings. The first-order valence-electron chi connectivity index (χ1n) is 7.62. The van der Waals surface area contributed by atoms with Gasteiger partial charge < -0.3 is 10.2 Å². The first-order valence-corrected chi connectivity index (χ1v) is 8.00. The van der Waals surface area contributed by atoms with E-state index in [1.165, 1.54) is 6.07 Å². The van der Waals surface area contributed by atoms with Crippen molar-refractivity contribution in [3.8, 4) is 0 Å². The predicted octanol–water partition coefficient (Wildman–Crippen LogP) is 1.65. The molecule has 0 radical (unpaired) electrons. The Balaban J connectivity index is 2.17. The molecule has 1 aliphatic heterocycles. The minimum Gasteiger partial charge on any atom is -0.353 e.